The lowest BCUT2D eigenvalue weighted by atomic mass is 9.78. The highest BCUT2D eigenvalue weighted by atomic mass is 32.1. The molecule has 5 heterocycles. The summed E-state index contributed by atoms with van der Waals surface area (Å²) in [7, 11) is 0. The quantitative estimate of drug-likeness (QED) is 0.590. The molecule has 1 spiro atoms. The molecule has 9 heteroatoms. The van der Waals surface area contributed by atoms with Crippen molar-refractivity contribution in [3.8, 4) is 10.6 Å². The molecule has 3 fully saturated rings. The number of hydrogen-bond donors (Lipinski definition) is 3. The standard InChI is InChI=1S/C21H24N6O2S/c28-18-16(19-24-14-5-1-2-6-15(14)30-19)17(23-13-4-3-7-22-8-13)25-20(26-18)27-9-21(10-27)11-29-12-21/h1-2,5-6,13,22H,3-4,7-12H2,(H2,23,25,26,28). The molecule has 0 radical (unpaired) electrons. The number of piperidine rings is 1. The molecule has 3 aliphatic rings. The molecule has 1 atom stereocenters. The van der Waals surface area contributed by atoms with Gasteiger partial charge in [-0.15, -0.1) is 11.3 Å². The van der Waals surface area contributed by atoms with Gasteiger partial charge in [-0.1, -0.05) is 12.1 Å². The second-order valence-corrected chi connectivity index (χ2v) is 9.67. The zero-order chi connectivity index (χ0) is 20.1. The third kappa shape index (κ3) is 3.08. The van der Waals surface area contributed by atoms with Crippen LogP contribution in [0.4, 0.5) is 11.8 Å². The summed E-state index contributed by atoms with van der Waals surface area (Å²) in [5.41, 5.74) is 1.55. The summed E-state index contributed by atoms with van der Waals surface area (Å²) in [6, 6.07) is 8.21. The van der Waals surface area contributed by atoms with Gasteiger partial charge in [-0.05, 0) is 31.5 Å². The van der Waals surface area contributed by atoms with Crippen LogP contribution in [0.2, 0.25) is 0 Å². The first-order valence-electron chi connectivity index (χ1n) is 10.5. The monoisotopic (exact) mass is 424 g/mol. The number of thiazole rings is 1. The van der Waals surface area contributed by atoms with Gasteiger partial charge in [0.15, 0.2) is 0 Å². The maximum Gasteiger partial charge on any atom is 0.264 e. The minimum Gasteiger partial charge on any atom is -0.380 e. The Bertz CT molecular complexity index is 1110. The number of fused-ring (bicyclic) bond motifs is 1. The minimum atomic E-state index is -0.142. The molecule has 2 aromatic heterocycles. The predicted octanol–water partition coefficient (Wildman–Crippen LogP) is 2.05. The average Bonchev–Trinajstić information content (AvgIpc) is 3.10. The van der Waals surface area contributed by atoms with E-state index in [1.54, 1.807) is 0 Å². The Balaban J connectivity index is 1.39. The van der Waals surface area contributed by atoms with Crippen LogP contribution in [-0.2, 0) is 4.74 Å². The van der Waals surface area contributed by atoms with E-state index in [2.05, 4.69) is 20.5 Å². The van der Waals surface area contributed by atoms with Gasteiger partial charge in [0.1, 0.15) is 16.4 Å². The highest BCUT2D eigenvalue weighted by Crippen LogP contribution is 2.40. The van der Waals surface area contributed by atoms with E-state index in [1.165, 1.54) is 11.3 Å². The zero-order valence-corrected chi connectivity index (χ0v) is 17.4. The number of aromatic amines is 1. The van der Waals surface area contributed by atoms with Gasteiger partial charge in [0, 0.05) is 25.7 Å². The van der Waals surface area contributed by atoms with Gasteiger partial charge in [0.2, 0.25) is 5.95 Å². The Hall–Kier alpha value is -2.49. The Morgan fingerprint density at radius 3 is 2.83 bits per heavy atom. The van der Waals surface area contributed by atoms with E-state index in [0.29, 0.717) is 22.3 Å². The normalized spacial score (nSPS) is 22.7. The molecule has 30 heavy (non-hydrogen) atoms. The molecule has 0 saturated carbocycles. The van der Waals surface area contributed by atoms with E-state index in [1.807, 2.05) is 24.3 Å². The first-order chi connectivity index (χ1) is 14.7. The molecule has 0 amide bonds. The van der Waals surface area contributed by atoms with Crippen molar-refractivity contribution in [1.29, 1.82) is 0 Å². The van der Waals surface area contributed by atoms with Gasteiger partial charge in [-0.3, -0.25) is 9.78 Å². The zero-order valence-electron chi connectivity index (χ0n) is 16.6. The van der Waals surface area contributed by atoms with E-state index in [0.717, 1.165) is 62.5 Å². The van der Waals surface area contributed by atoms with Crippen LogP contribution in [-0.4, -0.2) is 60.4 Å². The number of hydrogen-bond acceptors (Lipinski definition) is 8. The SMILES string of the molecule is O=c1[nH]c(N2CC3(COC3)C2)nc(NC2CCCNC2)c1-c1nc2ccccc2s1. The highest BCUT2D eigenvalue weighted by Gasteiger charge is 2.50. The molecule has 8 nitrogen and oxygen atoms in total. The number of anilines is 2. The fourth-order valence-corrected chi connectivity index (χ4v) is 5.56. The van der Waals surface area contributed by atoms with E-state index < -0.39 is 0 Å². The van der Waals surface area contributed by atoms with Crippen LogP contribution in [0.25, 0.3) is 20.8 Å². The van der Waals surface area contributed by atoms with E-state index in [4.69, 9.17) is 14.7 Å². The Morgan fingerprint density at radius 2 is 2.10 bits per heavy atom. The van der Waals surface area contributed by atoms with Gasteiger partial charge < -0.3 is 20.3 Å². The molecule has 0 aliphatic carbocycles. The Labute approximate surface area is 177 Å². The second-order valence-electron chi connectivity index (χ2n) is 8.64. The lowest BCUT2D eigenvalue weighted by Gasteiger charge is -2.55. The predicted molar refractivity (Wildman–Crippen MR) is 118 cm³/mol. The lowest BCUT2D eigenvalue weighted by molar-refractivity contribution is -0.127. The van der Waals surface area contributed by atoms with Crippen LogP contribution in [0, 0.1) is 5.41 Å². The fourth-order valence-electron chi connectivity index (χ4n) is 4.55. The van der Waals surface area contributed by atoms with Gasteiger partial charge in [0.05, 0.1) is 28.8 Å². The summed E-state index contributed by atoms with van der Waals surface area (Å²) < 4.78 is 6.44. The minimum absolute atomic E-state index is 0.142. The molecule has 3 N–H and O–H groups in total. The third-order valence-electron chi connectivity index (χ3n) is 6.22. The molecular formula is C21H24N6O2S. The van der Waals surface area contributed by atoms with Crippen molar-refractivity contribution in [2.24, 2.45) is 5.41 Å². The topological polar surface area (TPSA) is 95.2 Å². The van der Waals surface area contributed by atoms with Crippen LogP contribution < -0.4 is 21.1 Å². The fraction of sp³-hybridized carbons (Fsp3) is 0.476. The number of ether oxygens (including phenoxy) is 1. The summed E-state index contributed by atoms with van der Waals surface area (Å²) in [4.78, 5) is 28.0. The Morgan fingerprint density at radius 1 is 1.23 bits per heavy atom. The van der Waals surface area contributed by atoms with Crippen LogP contribution in [0.1, 0.15) is 12.8 Å². The molecule has 3 aliphatic heterocycles. The molecular weight excluding hydrogens is 400 g/mol. The number of aromatic nitrogens is 3. The van der Waals surface area contributed by atoms with E-state index >= 15 is 0 Å². The summed E-state index contributed by atoms with van der Waals surface area (Å²) in [5, 5.41) is 7.67. The summed E-state index contributed by atoms with van der Waals surface area (Å²) in [5.74, 6) is 1.26. The van der Waals surface area contributed by atoms with Crippen molar-refractivity contribution in [1.82, 2.24) is 20.3 Å². The van der Waals surface area contributed by atoms with Crippen LogP contribution in [0.15, 0.2) is 29.1 Å². The first-order valence-corrected chi connectivity index (χ1v) is 11.3. The van der Waals surface area contributed by atoms with E-state index in [-0.39, 0.29) is 17.0 Å². The molecule has 3 saturated heterocycles. The number of H-pyrrole nitrogens is 1. The van der Waals surface area contributed by atoms with Gasteiger partial charge in [-0.2, -0.15) is 4.98 Å². The highest BCUT2D eigenvalue weighted by molar-refractivity contribution is 7.21. The average molecular weight is 425 g/mol. The number of nitrogens with zero attached hydrogens (tertiary/aromatic N) is 3. The molecule has 1 unspecified atom stereocenters. The maximum absolute atomic E-state index is 13.2. The smallest absolute Gasteiger partial charge is 0.264 e. The van der Waals surface area contributed by atoms with Crippen LogP contribution in [0.3, 0.4) is 0 Å². The van der Waals surface area contributed by atoms with Gasteiger partial charge in [-0.25, -0.2) is 4.98 Å². The molecule has 1 aromatic carbocycles. The molecule has 156 valence electrons. The maximum atomic E-state index is 13.2. The van der Waals surface area contributed by atoms with Gasteiger partial charge in [0.25, 0.3) is 5.56 Å². The summed E-state index contributed by atoms with van der Waals surface area (Å²) in [6.07, 6.45) is 2.17. The van der Waals surface area contributed by atoms with Crippen molar-refractivity contribution < 1.29 is 4.74 Å². The summed E-state index contributed by atoms with van der Waals surface area (Å²) >= 11 is 1.53. The second kappa shape index (κ2) is 7.04. The van der Waals surface area contributed by atoms with Crippen molar-refractivity contribution >= 4 is 33.3 Å². The lowest BCUT2D eigenvalue weighted by Crippen LogP contribution is -2.66. The summed E-state index contributed by atoms with van der Waals surface area (Å²) in [6.45, 7) is 5.26. The van der Waals surface area contributed by atoms with Crippen LogP contribution in [0.5, 0.6) is 0 Å². The number of nitrogens with one attached hydrogen (secondary N) is 3. The van der Waals surface area contributed by atoms with Crippen molar-refractivity contribution in [3.63, 3.8) is 0 Å². The molecule has 0 bridgehead atoms. The first kappa shape index (κ1) is 18.3. The Kier molecular flexibility index (Phi) is 4.29. The van der Waals surface area contributed by atoms with Crippen molar-refractivity contribution in [2.45, 2.75) is 18.9 Å². The largest absolute Gasteiger partial charge is 0.380 e. The molecule has 3 aromatic rings. The number of para-hydroxylation sites is 1. The number of rotatable bonds is 4. The van der Waals surface area contributed by atoms with Gasteiger partial charge >= 0.3 is 0 Å². The van der Waals surface area contributed by atoms with Crippen molar-refractivity contribution in [3.05, 3.63) is 34.6 Å². The van der Waals surface area contributed by atoms with E-state index in [9.17, 15) is 4.79 Å². The third-order valence-corrected chi connectivity index (χ3v) is 7.27. The van der Waals surface area contributed by atoms with Crippen LogP contribution >= 0.6 is 11.3 Å². The number of benzene rings is 1. The van der Waals surface area contributed by atoms with Crippen molar-refractivity contribution in [2.75, 3.05) is 49.6 Å². The molecule has 6 rings (SSSR count).